The van der Waals surface area contributed by atoms with Gasteiger partial charge < -0.3 is 4.74 Å². The van der Waals surface area contributed by atoms with Crippen LogP contribution in [0.5, 0.6) is 0 Å². The highest BCUT2D eigenvalue weighted by molar-refractivity contribution is 7.07. The average Bonchev–Trinajstić information content (AvgIpc) is 3.04. The third-order valence-electron chi connectivity index (χ3n) is 4.82. The Morgan fingerprint density at radius 2 is 1.90 bits per heavy atom. The molecule has 0 bridgehead atoms. The molecule has 0 saturated carbocycles. The Kier molecular flexibility index (Phi) is 5.70. The molecule has 7 heteroatoms. The van der Waals surface area contributed by atoms with Crippen LogP contribution >= 0.6 is 22.9 Å². The molecule has 1 aromatic heterocycles. The maximum atomic E-state index is 13.4. The molecule has 0 amide bonds. The normalized spacial score (nSPS) is 16.2. The first-order valence-corrected chi connectivity index (χ1v) is 10.7. The third kappa shape index (κ3) is 3.64. The molecule has 30 heavy (non-hydrogen) atoms. The number of hydrogen-bond donors (Lipinski definition) is 0. The summed E-state index contributed by atoms with van der Waals surface area (Å²) in [5.41, 5.74) is 2.27. The van der Waals surface area contributed by atoms with Crippen molar-refractivity contribution in [3.05, 3.63) is 102 Å². The Hall–Kier alpha value is -2.96. The minimum absolute atomic E-state index is 0.221. The van der Waals surface area contributed by atoms with E-state index in [0.29, 0.717) is 25.6 Å². The standard InChI is InChI=1S/C23H19ClN2O3S/c1-3-29-22(28)19-14(2)25-23-26(20(19)15-9-5-4-6-10-15)21(27)18(30-23)13-16-11-7-8-12-17(16)24/h4-13,20H,3H2,1-2H3/b18-13+/t20-/m0/s1. The Balaban J connectivity index is 1.97. The second-order valence-corrected chi connectivity index (χ2v) is 8.15. The second kappa shape index (κ2) is 8.42. The highest BCUT2D eigenvalue weighted by Crippen LogP contribution is 2.30. The van der Waals surface area contributed by atoms with E-state index >= 15 is 0 Å². The number of ether oxygens (including phenoxy) is 1. The highest BCUT2D eigenvalue weighted by atomic mass is 35.5. The molecule has 0 fully saturated rings. The molecule has 0 unspecified atom stereocenters. The summed E-state index contributed by atoms with van der Waals surface area (Å²) in [6, 6.07) is 16.2. The van der Waals surface area contributed by atoms with Crippen LogP contribution in [0, 0.1) is 0 Å². The van der Waals surface area contributed by atoms with Crippen LogP contribution in [0.3, 0.4) is 0 Å². The first kappa shape index (κ1) is 20.3. The Morgan fingerprint density at radius 3 is 2.60 bits per heavy atom. The third-order valence-corrected chi connectivity index (χ3v) is 6.15. The van der Waals surface area contributed by atoms with Crippen molar-refractivity contribution in [3.8, 4) is 0 Å². The number of allylic oxidation sites excluding steroid dienone is 1. The van der Waals surface area contributed by atoms with Crippen LogP contribution in [0.25, 0.3) is 6.08 Å². The summed E-state index contributed by atoms with van der Waals surface area (Å²) in [5, 5.41) is 0.561. The monoisotopic (exact) mass is 438 g/mol. The Labute approximate surface area is 182 Å². The molecule has 1 aliphatic rings. The summed E-state index contributed by atoms with van der Waals surface area (Å²) in [4.78, 5) is 31.3. The number of rotatable bonds is 4. The minimum atomic E-state index is -0.602. The molecule has 1 aliphatic heterocycles. The van der Waals surface area contributed by atoms with Crippen LogP contribution < -0.4 is 14.9 Å². The number of hydrogen-bond acceptors (Lipinski definition) is 5. The van der Waals surface area contributed by atoms with Crippen LogP contribution in [-0.4, -0.2) is 17.1 Å². The van der Waals surface area contributed by atoms with Gasteiger partial charge in [-0.15, -0.1) is 0 Å². The van der Waals surface area contributed by atoms with E-state index in [1.807, 2.05) is 48.5 Å². The lowest BCUT2D eigenvalue weighted by atomic mass is 9.96. The summed E-state index contributed by atoms with van der Waals surface area (Å²) in [7, 11) is 0. The summed E-state index contributed by atoms with van der Waals surface area (Å²) < 4.78 is 7.35. The number of carbonyl (C=O) groups excluding carboxylic acids is 1. The molecule has 0 radical (unpaired) electrons. The van der Waals surface area contributed by atoms with Gasteiger partial charge in [0.25, 0.3) is 5.56 Å². The predicted octanol–water partition coefficient (Wildman–Crippen LogP) is 3.45. The summed E-state index contributed by atoms with van der Waals surface area (Å²) >= 11 is 7.55. The van der Waals surface area contributed by atoms with Gasteiger partial charge in [-0.25, -0.2) is 9.79 Å². The number of halogens is 1. The van der Waals surface area contributed by atoms with Gasteiger partial charge in [-0.1, -0.05) is 71.5 Å². The van der Waals surface area contributed by atoms with Crippen molar-refractivity contribution >= 4 is 35.0 Å². The molecule has 152 valence electrons. The maximum absolute atomic E-state index is 13.4. The maximum Gasteiger partial charge on any atom is 0.338 e. The van der Waals surface area contributed by atoms with Gasteiger partial charge in [0, 0.05) is 5.02 Å². The quantitative estimate of drug-likeness (QED) is 0.586. The van der Waals surface area contributed by atoms with Crippen molar-refractivity contribution in [3.63, 3.8) is 0 Å². The fourth-order valence-corrected chi connectivity index (χ4v) is 4.70. The molecule has 2 aromatic carbocycles. The Bertz CT molecular complexity index is 1320. The zero-order chi connectivity index (χ0) is 21.3. The molecule has 5 nitrogen and oxygen atoms in total. The van der Waals surface area contributed by atoms with E-state index in [1.54, 1.807) is 30.6 Å². The van der Waals surface area contributed by atoms with E-state index in [0.717, 1.165) is 11.1 Å². The highest BCUT2D eigenvalue weighted by Gasteiger charge is 2.33. The van der Waals surface area contributed by atoms with Crippen molar-refractivity contribution in [2.24, 2.45) is 4.99 Å². The molecular weight excluding hydrogens is 420 g/mol. The smallest absolute Gasteiger partial charge is 0.338 e. The first-order chi connectivity index (χ1) is 14.5. The molecule has 0 spiro atoms. The van der Waals surface area contributed by atoms with Crippen molar-refractivity contribution < 1.29 is 9.53 Å². The fourth-order valence-electron chi connectivity index (χ4n) is 3.48. The minimum Gasteiger partial charge on any atom is -0.463 e. The van der Waals surface area contributed by atoms with Gasteiger partial charge in [-0.3, -0.25) is 9.36 Å². The van der Waals surface area contributed by atoms with Crippen molar-refractivity contribution in [1.82, 2.24) is 4.57 Å². The van der Waals surface area contributed by atoms with Gasteiger partial charge in [0.2, 0.25) is 0 Å². The molecule has 1 atom stereocenters. The summed E-state index contributed by atoms with van der Waals surface area (Å²) in [6.45, 7) is 3.77. The van der Waals surface area contributed by atoms with Crippen LogP contribution in [-0.2, 0) is 9.53 Å². The van der Waals surface area contributed by atoms with Gasteiger partial charge >= 0.3 is 5.97 Å². The predicted molar refractivity (Wildman–Crippen MR) is 118 cm³/mol. The van der Waals surface area contributed by atoms with Crippen LogP contribution in [0.1, 0.15) is 31.0 Å². The molecule has 0 saturated heterocycles. The largest absolute Gasteiger partial charge is 0.463 e. The van der Waals surface area contributed by atoms with Crippen molar-refractivity contribution in [2.75, 3.05) is 6.61 Å². The lowest BCUT2D eigenvalue weighted by molar-refractivity contribution is -0.139. The van der Waals surface area contributed by atoms with E-state index in [1.165, 1.54) is 11.3 Å². The van der Waals surface area contributed by atoms with E-state index in [4.69, 9.17) is 16.3 Å². The molecular formula is C23H19ClN2O3S. The van der Waals surface area contributed by atoms with Crippen LogP contribution in [0.15, 0.2) is 75.7 Å². The molecule has 0 N–H and O–H groups in total. The van der Waals surface area contributed by atoms with Crippen LogP contribution in [0.4, 0.5) is 0 Å². The van der Waals surface area contributed by atoms with Crippen molar-refractivity contribution in [1.29, 1.82) is 0 Å². The van der Waals surface area contributed by atoms with E-state index in [9.17, 15) is 9.59 Å². The van der Waals surface area contributed by atoms with Crippen molar-refractivity contribution in [2.45, 2.75) is 19.9 Å². The van der Waals surface area contributed by atoms with Gasteiger partial charge in [-0.05, 0) is 37.1 Å². The number of fused-ring (bicyclic) bond motifs is 1. The molecule has 3 aromatic rings. The van der Waals surface area contributed by atoms with E-state index in [-0.39, 0.29) is 12.2 Å². The second-order valence-electron chi connectivity index (χ2n) is 6.73. The van der Waals surface area contributed by atoms with Gasteiger partial charge in [0.1, 0.15) is 0 Å². The first-order valence-electron chi connectivity index (χ1n) is 9.50. The van der Waals surface area contributed by atoms with Crippen LogP contribution in [0.2, 0.25) is 5.02 Å². The topological polar surface area (TPSA) is 60.7 Å². The average molecular weight is 439 g/mol. The summed E-state index contributed by atoms with van der Waals surface area (Å²) in [6.07, 6.45) is 1.76. The number of benzene rings is 2. The van der Waals surface area contributed by atoms with Gasteiger partial charge in [0.05, 0.1) is 28.5 Å². The lowest BCUT2D eigenvalue weighted by Gasteiger charge is -2.24. The lowest BCUT2D eigenvalue weighted by Crippen LogP contribution is -2.39. The SMILES string of the molecule is CCOC(=O)C1=C(C)N=c2s/c(=C/c3ccccc3Cl)c(=O)n2[C@H]1c1ccccc1. The number of aromatic nitrogens is 1. The number of nitrogens with zero attached hydrogens (tertiary/aromatic N) is 2. The van der Waals surface area contributed by atoms with E-state index < -0.39 is 12.0 Å². The number of thiazole rings is 1. The number of carbonyl (C=O) groups is 1. The molecule has 4 rings (SSSR count). The fraction of sp³-hybridized carbons (Fsp3) is 0.174. The zero-order valence-electron chi connectivity index (χ0n) is 16.5. The van der Waals surface area contributed by atoms with Gasteiger partial charge in [0.15, 0.2) is 4.80 Å². The molecule has 2 heterocycles. The number of esters is 1. The van der Waals surface area contributed by atoms with Gasteiger partial charge in [-0.2, -0.15) is 0 Å². The van der Waals surface area contributed by atoms with E-state index in [2.05, 4.69) is 4.99 Å². The Morgan fingerprint density at radius 1 is 1.20 bits per heavy atom. The molecule has 0 aliphatic carbocycles. The zero-order valence-corrected chi connectivity index (χ0v) is 18.0. The summed E-state index contributed by atoms with van der Waals surface area (Å²) in [5.74, 6) is -0.465.